The number of anilines is 1. The molecule has 0 radical (unpaired) electrons. The molecule has 1 saturated carbocycles. The molecule has 1 aliphatic carbocycles. The van der Waals surface area contributed by atoms with Crippen LogP contribution >= 0.6 is 0 Å². The number of carbonyl (C=O) groups is 3. The summed E-state index contributed by atoms with van der Waals surface area (Å²) in [6.07, 6.45) is 0.938. The molecule has 1 atom stereocenters. The van der Waals surface area contributed by atoms with Crippen LogP contribution in [0.2, 0.25) is 0 Å². The number of hydrogen-bond acceptors (Lipinski definition) is 9. The van der Waals surface area contributed by atoms with Gasteiger partial charge >= 0.3 is 13.3 Å². The van der Waals surface area contributed by atoms with E-state index in [4.69, 9.17) is 9.39 Å². The van der Waals surface area contributed by atoms with Crippen molar-refractivity contribution in [1.82, 2.24) is 0 Å². The molecule has 160 valence electrons. The molecule has 2 aliphatic rings. The molecule has 3 rings (SSSR count). The molecule has 0 aromatic heterocycles. The number of nitrogens with zero attached hydrogens (tertiary/aromatic N) is 1. The lowest BCUT2D eigenvalue weighted by Crippen LogP contribution is -2.36. The number of benzene rings is 1. The summed E-state index contributed by atoms with van der Waals surface area (Å²) in [6, 6.07) is 0.638. The monoisotopic (exact) mass is 425 g/mol. The van der Waals surface area contributed by atoms with E-state index in [0.717, 1.165) is 27.0 Å². The molecule has 30 heavy (non-hydrogen) atoms. The molecule has 12 heteroatoms. The number of methoxy groups -OCH3 is 1. The average molecular weight is 425 g/mol. The topological polar surface area (TPSA) is 112 Å². The van der Waals surface area contributed by atoms with Crippen molar-refractivity contribution in [2.45, 2.75) is 38.8 Å². The van der Waals surface area contributed by atoms with Gasteiger partial charge in [0.25, 0.3) is 11.9 Å². The van der Waals surface area contributed by atoms with E-state index < -0.39 is 48.7 Å². The Kier molecular flexibility index (Phi) is 5.97. The van der Waals surface area contributed by atoms with E-state index >= 15 is 0 Å². The van der Waals surface area contributed by atoms with Crippen molar-refractivity contribution in [2.75, 3.05) is 12.0 Å². The Morgan fingerprint density at radius 3 is 2.23 bits per heavy atom. The average Bonchev–Trinajstić information content (AvgIpc) is 3.47. The number of fused-ring (bicyclic) bond motifs is 1. The zero-order chi connectivity index (χ0) is 22.2. The van der Waals surface area contributed by atoms with Gasteiger partial charge < -0.3 is 28.7 Å². The Morgan fingerprint density at radius 2 is 1.73 bits per heavy atom. The molecule has 1 unspecified atom stereocenters. The van der Waals surface area contributed by atoms with Crippen LogP contribution in [0.15, 0.2) is 17.8 Å². The fraction of sp³-hybridized carbons (Fsp3) is 0.389. The van der Waals surface area contributed by atoms with E-state index in [2.05, 4.69) is 9.31 Å². The van der Waals surface area contributed by atoms with Gasteiger partial charge in [-0.15, -0.1) is 0 Å². The van der Waals surface area contributed by atoms with Crippen LogP contribution in [0.25, 0.3) is 0 Å². The second-order valence-electron chi connectivity index (χ2n) is 6.68. The van der Waals surface area contributed by atoms with E-state index in [1.54, 1.807) is 0 Å². The molecule has 0 spiro atoms. The highest BCUT2D eigenvalue weighted by Crippen LogP contribution is 2.48. The van der Waals surface area contributed by atoms with Gasteiger partial charge in [0.2, 0.25) is 5.82 Å². The predicted octanol–water partition coefficient (Wildman–Crippen LogP) is 1.53. The van der Waals surface area contributed by atoms with Gasteiger partial charge in [0, 0.05) is 31.7 Å². The molecule has 1 aliphatic heterocycles. The highest BCUT2D eigenvalue weighted by atomic mass is 19.2. The molecule has 1 aromatic carbocycles. The highest BCUT2D eigenvalue weighted by Gasteiger charge is 2.43. The lowest BCUT2D eigenvalue weighted by atomic mass is 9.94. The standard InChI is InChI=1S/C18H18BF2NO8/c1-8(23)28-19(29-9(2)24)30-18(26)12-7-22(10-4-5-10)15-11(16(12)25)6-13(20)14(21)17(15)27-3/h6-7,10,16,25H,4-5H2,1-3H3. The molecule has 0 bridgehead atoms. The van der Waals surface area contributed by atoms with Gasteiger partial charge in [-0.05, 0) is 18.9 Å². The molecule has 1 fully saturated rings. The predicted molar refractivity (Wildman–Crippen MR) is 96.8 cm³/mol. The summed E-state index contributed by atoms with van der Waals surface area (Å²) in [5, 5.41) is 10.7. The Bertz CT molecular complexity index is 917. The summed E-state index contributed by atoms with van der Waals surface area (Å²) in [4.78, 5) is 36.4. The number of aliphatic hydroxyl groups excluding tert-OH is 1. The van der Waals surface area contributed by atoms with Crippen molar-refractivity contribution in [2.24, 2.45) is 0 Å². The summed E-state index contributed by atoms with van der Waals surface area (Å²) in [5.74, 6) is -5.86. The first-order chi connectivity index (χ1) is 14.1. The normalized spacial score (nSPS) is 17.5. The van der Waals surface area contributed by atoms with E-state index in [1.165, 1.54) is 11.1 Å². The number of hydrogen-bond donors (Lipinski definition) is 1. The Morgan fingerprint density at radius 1 is 1.13 bits per heavy atom. The number of aliphatic hydroxyl groups is 1. The van der Waals surface area contributed by atoms with Crippen LogP contribution in [-0.2, 0) is 28.3 Å². The summed E-state index contributed by atoms with van der Waals surface area (Å²) >= 11 is 0. The van der Waals surface area contributed by atoms with Gasteiger partial charge in [0.15, 0.2) is 11.6 Å². The van der Waals surface area contributed by atoms with E-state index in [0.29, 0.717) is 12.8 Å². The van der Waals surface area contributed by atoms with E-state index in [9.17, 15) is 28.3 Å². The first-order valence-corrected chi connectivity index (χ1v) is 8.93. The molecule has 1 aromatic rings. The van der Waals surface area contributed by atoms with Gasteiger partial charge in [0.05, 0.1) is 18.4 Å². The molecule has 1 heterocycles. The summed E-state index contributed by atoms with van der Waals surface area (Å²) in [7, 11) is -0.817. The quantitative estimate of drug-likeness (QED) is 0.679. The van der Waals surface area contributed by atoms with Gasteiger partial charge in [-0.25, -0.2) is 9.18 Å². The summed E-state index contributed by atoms with van der Waals surface area (Å²) in [5.41, 5.74) is -0.366. The molecule has 1 N–H and O–H groups in total. The third-order valence-corrected chi connectivity index (χ3v) is 4.41. The summed E-state index contributed by atoms with van der Waals surface area (Å²) < 4.78 is 47.4. The third-order valence-electron chi connectivity index (χ3n) is 4.41. The van der Waals surface area contributed by atoms with Gasteiger partial charge in [-0.1, -0.05) is 0 Å². The third kappa shape index (κ3) is 4.23. The number of ether oxygens (including phenoxy) is 1. The minimum atomic E-state index is -1.98. The molecular weight excluding hydrogens is 407 g/mol. The van der Waals surface area contributed by atoms with Crippen molar-refractivity contribution in [1.29, 1.82) is 0 Å². The van der Waals surface area contributed by atoms with Gasteiger partial charge in [-0.2, -0.15) is 4.39 Å². The first kappa shape index (κ1) is 21.6. The molecule has 0 saturated heterocycles. The maximum atomic E-state index is 14.2. The molecule has 9 nitrogen and oxygen atoms in total. The second kappa shape index (κ2) is 8.30. The zero-order valence-electron chi connectivity index (χ0n) is 16.3. The van der Waals surface area contributed by atoms with Crippen LogP contribution in [0, 0.1) is 11.6 Å². The smallest absolute Gasteiger partial charge is 0.491 e. The van der Waals surface area contributed by atoms with Crippen LogP contribution in [0.5, 0.6) is 5.75 Å². The van der Waals surface area contributed by atoms with Gasteiger partial charge in [-0.3, -0.25) is 9.59 Å². The van der Waals surface area contributed by atoms with Gasteiger partial charge in [0.1, 0.15) is 6.10 Å². The van der Waals surface area contributed by atoms with E-state index in [-0.39, 0.29) is 22.9 Å². The zero-order valence-corrected chi connectivity index (χ0v) is 16.3. The minimum absolute atomic E-state index is 0.0967. The second-order valence-corrected chi connectivity index (χ2v) is 6.68. The first-order valence-electron chi connectivity index (χ1n) is 8.93. The fourth-order valence-electron chi connectivity index (χ4n) is 3.03. The van der Waals surface area contributed by atoms with Crippen molar-refractivity contribution in [3.63, 3.8) is 0 Å². The van der Waals surface area contributed by atoms with Crippen molar-refractivity contribution >= 4 is 30.9 Å². The maximum Gasteiger partial charge on any atom is 0.870 e. The SMILES string of the molecule is COc1c(F)c(F)cc2c1N(C1CC1)C=C(C(=O)OB(OC(C)=O)OC(C)=O)C2O. The van der Waals surface area contributed by atoms with E-state index in [1.807, 2.05) is 0 Å². The Labute approximate surface area is 170 Å². The molecular formula is C18H18BF2NO8. The van der Waals surface area contributed by atoms with Crippen molar-refractivity contribution in [3.8, 4) is 5.75 Å². The maximum absolute atomic E-state index is 14.2. The summed E-state index contributed by atoms with van der Waals surface area (Å²) in [6.45, 7) is 2.02. The number of carbonyl (C=O) groups excluding carboxylic acids is 3. The van der Waals surface area contributed by atoms with Crippen LogP contribution in [-0.4, -0.2) is 43.5 Å². The lowest BCUT2D eigenvalue weighted by Gasteiger charge is -2.33. The van der Waals surface area contributed by atoms with Crippen molar-refractivity contribution in [3.05, 3.63) is 35.0 Å². The van der Waals surface area contributed by atoms with Crippen LogP contribution in [0.4, 0.5) is 14.5 Å². The van der Waals surface area contributed by atoms with Crippen molar-refractivity contribution < 1.29 is 47.0 Å². The van der Waals surface area contributed by atoms with Crippen LogP contribution in [0.1, 0.15) is 38.4 Å². The number of rotatable bonds is 6. The lowest BCUT2D eigenvalue weighted by molar-refractivity contribution is -0.144. The minimum Gasteiger partial charge on any atom is -0.491 e. The van der Waals surface area contributed by atoms with Crippen LogP contribution < -0.4 is 9.64 Å². The van der Waals surface area contributed by atoms with Crippen LogP contribution in [0.3, 0.4) is 0 Å². The fourth-order valence-corrected chi connectivity index (χ4v) is 3.03. The Balaban J connectivity index is 1.97. The largest absolute Gasteiger partial charge is 0.870 e. The highest BCUT2D eigenvalue weighted by molar-refractivity contribution is 6.44. The molecule has 0 amide bonds. The Hall–Kier alpha value is -3.15. The number of halogens is 2.